The topological polar surface area (TPSA) is 32.3 Å². The molecule has 2 heteroatoms. The van der Waals surface area contributed by atoms with Crippen LogP contribution in [0.2, 0.25) is 0 Å². The van der Waals surface area contributed by atoms with Crippen molar-refractivity contribution in [1.29, 1.82) is 0 Å². The van der Waals surface area contributed by atoms with E-state index < -0.39 is 0 Å². The molecule has 0 amide bonds. The third-order valence-electron chi connectivity index (χ3n) is 2.52. The van der Waals surface area contributed by atoms with Gasteiger partial charge in [0.15, 0.2) is 0 Å². The van der Waals surface area contributed by atoms with Crippen molar-refractivity contribution in [2.75, 3.05) is 7.05 Å². The predicted octanol–water partition coefficient (Wildman–Crippen LogP) is 1.46. The second-order valence-electron chi connectivity index (χ2n) is 3.53. The fourth-order valence-electron chi connectivity index (χ4n) is 1.88. The van der Waals surface area contributed by atoms with Crippen molar-refractivity contribution >= 4 is 0 Å². The highest BCUT2D eigenvalue weighted by Crippen LogP contribution is 2.21. The maximum absolute atomic E-state index is 9.46. The molecule has 2 N–H and O–H groups in total. The third kappa shape index (κ3) is 2.32. The van der Waals surface area contributed by atoms with Gasteiger partial charge in [0.25, 0.3) is 0 Å². The lowest BCUT2D eigenvalue weighted by Crippen LogP contribution is -2.37. The maximum atomic E-state index is 9.46. The lowest BCUT2D eigenvalue weighted by Gasteiger charge is -2.25. The highest BCUT2D eigenvalue weighted by molar-refractivity contribution is 5.14. The number of likely N-dealkylation sites (N-methyl/N-ethyl adjacent to an activating group) is 1. The summed E-state index contributed by atoms with van der Waals surface area (Å²) in [4.78, 5) is 0. The first-order valence-electron chi connectivity index (χ1n) is 4.80. The van der Waals surface area contributed by atoms with E-state index in [1.54, 1.807) is 0 Å². The molecule has 0 radical (unpaired) electrons. The van der Waals surface area contributed by atoms with E-state index in [-0.39, 0.29) is 12.1 Å². The van der Waals surface area contributed by atoms with Gasteiger partial charge in [0.05, 0.1) is 12.1 Å². The van der Waals surface area contributed by atoms with Gasteiger partial charge in [0.2, 0.25) is 0 Å². The van der Waals surface area contributed by atoms with Gasteiger partial charge in [0.1, 0.15) is 0 Å². The van der Waals surface area contributed by atoms with Crippen LogP contribution in [0, 0.1) is 0 Å². The molecular weight excluding hydrogens is 150 g/mol. The van der Waals surface area contributed by atoms with Crippen LogP contribution in [0.3, 0.4) is 0 Å². The second-order valence-corrected chi connectivity index (χ2v) is 3.53. The van der Waals surface area contributed by atoms with Gasteiger partial charge in [0, 0.05) is 0 Å². The van der Waals surface area contributed by atoms with Gasteiger partial charge in [-0.25, -0.2) is 0 Å². The number of aliphatic hydroxyl groups excluding tert-OH is 1. The molecule has 0 aromatic rings. The summed E-state index contributed by atoms with van der Waals surface area (Å²) in [5, 5.41) is 12.6. The zero-order valence-corrected chi connectivity index (χ0v) is 8.01. The number of aliphatic hydroxyl groups is 1. The molecule has 70 valence electrons. The Hall–Kier alpha value is -0.340. The molecule has 1 aliphatic rings. The number of hydrogen-bond donors (Lipinski definition) is 2. The van der Waals surface area contributed by atoms with Gasteiger partial charge in [-0.15, -0.1) is 0 Å². The first kappa shape index (κ1) is 9.75. The molecule has 0 heterocycles. The molecule has 1 aliphatic carbocycles. The predicted molar refractivity (Wildman–Crippen MR) is 51.1 cm³/mol. The van der Waals surface area contributed by atoms with Crippen LogP contribution in [-0.2, 0) is 0 Å². The van der Waals surface area contributed by atoms with Crippen LogP contribution in [0.4, 0.5) is 0 Å². The fraction of sp³-hybridized carbons (Fsp3) is 0.800. The molecule has 0 saturated heterocycles. The van der Waals surface area contributed by atoms with Crippen LogP contribution in [0.5, 0.6) is 0 Å². The van der Waals surface area contributed by atoms with E-state index >= 15 is 0 Å². The SMILES string of the molecule is CNC(C1=CCCCC1)C(C)O. The Kier molecular flexibility index (Phi) is 3.76. The summed E-state index contributed by atoms with van der Waals surface area (Å²) in [6.45, 7) is 1.84. The van der Waals surface area contributed by atoms with Crippen molar-refractivity contribution in [1.82, 2.24) is 5.32 Å². The lowest BCUT2D eigenvalue weighted by atomic mass is 9.91. The first-order chi connectivity index (χ1) is 5.75. The van der Waals surface area contributed by atoms with Crippen LogP contribution >= 0.6 is 0 Å². The zero-order valence-electron chi connectivity index (χ0n) is 8.01. The van der Waals surface area contributed by atoms with E-state index in [2.05, 4.69) is 11.4 Å². The standard InChI is InChI=1S/C10H19NO/c1-8(12)10(11-2)9-6-4-3-5-7-9/h6,8,10-12H,3-5,7H2,1-2H3. The molecular formula is C10H19NO. The van der Waals surface area contributed by atoms with Crippen molar-refractivity contribution in [3.8, 4) is 0 Å². The van der Waals surface area contributed by atoms with E-state index in [1.165, 1.54) is 24.8 Å². The van der Waals surface area contributed by atoms with Crippen LogP contribution in [0.15, 0.2) is 11.6 Å². The van der Waals surface area contributed by atoms with E-state index in [0.29, 0.717) is 0 Å². The van der Waals surface area contributed by atoms with Gasteiger partial charge < -0.3 is 10.4 Å². The summed E-state index contributed by atoms with van der Waals surface area (Å²) in [5.41, 5.74) is 1.39. The van der Waals surface area contributed by atoms with Crippen LogP contribution in [-0.4, -0.2) is 24.3 Å². The molecule has 0 aliphatic heterocycles. The summed E-state index contributed by atoms with van der Waals surface area (Å²) in [7, 11) is 1.91. The van der Waals surface area contributed by atoms with Crippen molar-refractivity contribution in [2.24, 2.45) is 0 Å². The minimum Gasteiger partial charge on any atom is -0.391 e. The molecule has 2 atom stereocenters. The summed E-state index contributed by atoms with van der Waals surface area (Å²) in [6.07, 6.45) is 6.91. The number of rotatable bonds is 3. The molecule has 0 fully saturated rings. The molecule has 0 saturated carbocycles. The van der Waals surface area contributed by atoms with Crippen molar-refractivity contribution in [2.45, 2.75) is 44.8 Å². The average molecular weight is 169 g/mol. The monoisotopic (exact) mass is 169 g/mol. The Balaban J connectivity index is 2.57. The molecule has 2 nitrogen and oxygen atoms in total. The second kappa shape index (κ2) is 4.63. The lowest BCUT2D eigenvalue weighted by molar-refractivity contribution is 0.161. The van der Waals surface area contributed by atoms with E-state index in [0.717, 1.165) is 6.42 Å². The Morgan fingerprint density at radius 2 is 2.25 bits per heavy atom. The Labute approximate surface area is 74.7 Å². The molecule has 0 spiro atoms. The summed E-state index contributed by atoms with van der Waals surface area (Å²) in [5.74, 6) is 0. The molecule has 0 aromatic heterocycles. The van der Waals surface area contributed by atoms with Gasteiger partial charge in [-0.05, 0) is 39.7 Å². The average Bonchev–Trinajstić information content (AvgIpc) is 2.07. The van der Waals surface area contributed by atoms with E-state index in [4.69, 9.17) is 0 Å². The maximum Gasteiger partial charge on any atom is 0.0703 e. The van der Waals surface area contributed by atoms with Crippen molar-refractivity contribution < 1.29 is 5.11 Å². The molecule has 1 rings (SSSR count). The zero-order chi connectivity index (χ0) is 8.97. The summed E-state index contributed by atoms with van der Waals surface area (Å²) < 4.78 is 0. The Morgan fingerprint density at radius 3 is 2.67 bits per heavy atom. The number of allylic oxidation sites excluding steroid dienone is 1. The minimum absolute atomic E-state index is 0.172. The Bertz CT molecular complexity index is 163. The van der Waals surface area contributed by atoms with Gasteiger partial charge in [-0.1, -0.05) is 11.6 Å². The fourth-order valence-corrected chi connectivity index (χ4v) is 1.88. The third-order valence-corrected chi connectivity index (χ3v) is 2.52. The molecule has 12 heavy (non-hydrogen) atoms. The molecule has 2 unspecified atom stereocenters. The molecule has 0 aromatic carbocycles. The van der Waals surface area contributed by atoms with Gasteiger partial charge >= 0.3 is 0 Å². The smallest absolute Gasteiger partial charge is 0.0703 e. The minimum atomic E-state index is -0.278. The van der Waals surface area contributed by atoms with E-state index in [9.17, 15) is 5.11 Å². The summed E-state index contributed by atoms with van der Waals surface area (Å²) in [6, 6.07) is 0.172. The van der Waals surface area contributed by atoms with Crippen molar-refractivity contribution in [3.63, 3.8) is 0 Å². The van der Waals surface area contributed by atoms with Gasteiger partial charge in [-0.3, -0.25) is 0 Å². The quantitative estimate of drug-likeness (QED) is 0.627. The van der Waals surface area contributed by atoms with Crippen LogP contribution in [0.1, 0.15) is 32.6 Å². The van der Waals surface area contributed by atoms with Crippen LogP contribution < -0.4 is 5.32 Å². The highest BCUT2D eigenvalue weighted by Gasteiger charge is 2.18. The first-order valence-corrected chi connectivity index (χ1v) is 4.80. The summed E-state index contributed by atoms with van der Waals surface area (Å²) >= 11 is 0. The van der Waals surface area contributed by atoms with Gasteiger partial charge in [-0.2, -0.15) is 0 Å². The van der Waals surface area contributed by atoms with E-state index in [1.807, 2.05) is 14.0 Å². The van der Waals surface area contributed by atoms with Crippen molar-refractivity contribution in [3.05, 3.63) is 11.6 Å². The number of nitrogens with one attached hydrogen (secondary N) is 1. The normalized spacial score (nSPS) is 23.1. The largest absolute Gasteiger partial charge is 0.391 e. The Morgan fingerprint density at radius 1 is 1.50 bits per heavy atom. The van der Waals surface area contributed by atoms with Crippen LogP contribution in [0.25, 0.3) is 0 Å². The molecule has 0 bridgehead atoms. The number of hydrogen-bond acceptors (Lipinski definition) is 2. The highest BCUT2D eigenvalue weighted by atomic mass is 16.3.